The van der Waals surface area contributed by atoms with Crippen molar-refractivity contribution in [1.82, 2.24) is 0 Å². The average Bonchev–Trinajstić information content (AvgIpc) is 2.74. The third-order valence-corrected chi connectivity index (χ3v) is 6.99. The number of para-hydroxylation sites is 1. The van der Waals surface area contributed by atoms with Crippen molar-refractivity contribution in [2.24, 2.45) is 0 Å². The Hall–Kier alpha value is -3.19. The summed E-state index contributed by atoms with van der Waals surface area (Å²) in [5.74, 6) is -0.821. The van der Waals surface area contributed by atoms with Crippen molar-refractivity contribution in [1.29, 1.82) is 0 Å². The molecule has 3 aromatic rings. The third kappa shape index (κ3) is 5.16. The Morgan fingerprint density at radius 2 is 1.59 bits per heavy atom. The Morgan fingerprint density at radius 1 is 0.969 bits per heavy atom. The first-order valence-corrected chi connectivity index (χ1v) is 11.8. The quantitative estimate of drug-likeness (QED) is 0.520. The molecule has 0 bridgehead atoms. The van der Waals surface area contributed by atoms with Crippen LogP contribution in [0.25, 0.3) is 0 Å². The fourth-order valence-corrected chi connectivity index (χ4v) is 4.83. The number of sulfonamides is 1. The van der Waals surface area contributed by atoms with Gasteiger partial charge in [0.15, 0.2) is 0 Å². The van der Waals surface area contributed by atoms with Crippen molar-refractivity contribution in [3.63, 3.8) is 0 Å². The Kier molecular flexibility index (Phi) is 6.99. The molecule has 0 aromatic heterocycles. The van der Waals surface area contributed by atoms with Gasteiger partial charge in [0, 0.05) is 5.69 Å². The molecule has 0 unspecified atom stereocenters. The first-order valence-electron chi connectivity index (χ1n) is 10.3. The van der Waals surface area contributed by atoms with Gasteiger partial charge in [0.05, 0.1) is 10.6 Å². The molecule has 0 saturated heterocycles. The Bertz CT molecular complexity index is 1200. The van der Waals surface area contributed by atoms with Crippen molar-refractivity contribution in [2.45, 2.75) is 38.5 Å². The largest absolute Gasteiger partial charge is 0.324 e. The number of hydrogen-bond donors (Lipinski definition) is 1. The van der Waals surface area contributed by atoms with Crippen LogP contribution >= 0.6 is 0 Å². The number of hydrogen-bond acceptors (Lipinski definition) is 3. The van der Waals surface area contributed by atoms with Gasteiger partial charge in [0.1, 0.15) is 12.4 Å². The summed E-state index contributed by atoms with van der Waals surface area (Å²) in [4.78, 5) is 13.0. The van der Waals surface area contributed by atoms with Crippen molar-refractivity contribution < 1.29 is 17.6 Å². The monoisotopic (exact) mass is 454 g/mol. The number of amides is 1. The van der Waals surface area contributed by atoms with Crippen LogP contribution in [0.15, 0.2) is 71.6 Å². The van der Waals surface area contributed by atoms with Crippen molar-refractivity contribution in [2.75, 3.05) is 16.2 Å². The lowest BCUT2D eigenvalue weighted by molar-refractivity contribution is -0.114. The van der Waals surface area contributed by atoms with Crippen LogP contribution in [0.1, 0.15) is 36.5 Å². The molecule has 3 rings (SSSR count). The zero-order chi connectivity index (χ0) is 23.5. The minimum atomic E-state index is -4.10. The first kappa shape index (κ1) is 23.5. The lowest BCUT2D eigenvalue weighted by atomic mass is 9.98. The van der Waals surface area contributed by atoms with E-state index in [4.69, 9.17) is 0 Å². The van der Waals surface area contributed by atoms with E-state index in [1.807, 2.05) is 45.9 Å². The highest BCUT2D eigenvalue weighted by Crippen LogP contribution is 2.28. The van der Waals surface area contributed by atoms with E-state index in [1.165, 1.54) is 12.1 Å². The van der Waals surface area contributed by atoms with Crippen molar-refractivity contribution >= 4 is 27.3 Å². The van der Waals surface area contributed by atoms with Gasteiger partial charge >= 0.3 is 0 Å². The maximum absolute atomic E-state index is 13.4. The topological polar surface area (TPSA) is 66.5 Å². The second-order valence-corrected chi connectivity index (χ2v) is 9.91. The highest BCUT2D eigenvalue weighted by Gasteiger charge is 2.27. The van der Waals surface area contributed by atoms with Gasteiger partial charge in [0.2, 0.25) is 5.91 Å². The molecule has 0 aliphatic carbocycles. The molecule has 0 aliphatic heterocycles. The minimum Gasteiger partial charge on any atom is -0.324 e. The summed E-state index contributed by atoms with van der Waals surface area (Å²) in [6.07, 6.45) is 0. The van der Waals surface area contributed by atoms with E-state index >= 15 is 0 Å². The van der Waals surface area contributed by atoms with Crippen LogP contribution in [0.5, 0.6) is 0 Å². The van der Waals surface area contributed by atoms with Gasteiger partial charge in [-0.3, -0.25) is 9.10 Å². The number of nitrogens with one attached hydrogen (secondary N) is 1. The third-order valence-electron chi connectivity index (χ3n) is 5.20. The predicted molar refractivity (Wildman–Crippen MR) is 126 cm³/mol. The fourth-order valence-electron chi connectivity index (χ4n) is 3.41. The maximum atomic E-state index is 13.4. The molecule has 3 aromatic carbocycles. The van der Waals surface area contributed by atoms with Gasteiger partial charge in [-0.15, -0.1) is 0 Å². The van der Waals surface area contributed by atoms with E-state index in [-0.39, 0.29) is 10.8 Å². The standard InChI is InChI=1S/C25H27FN2O3S/c1-17(2)23-7-5-6-19(4)25(23)27-24(29)16-28(21-12-8-18(3)9-13-21)32(30,31)22-14-10-20(26)11-15-22/h5-15,17H,16H2,1-4H3,(H,27,29). The molecule has 0 heterocycles. The fraction of sp³-hybridized carbons (Fsp3) is 0.240. The average molecular weight is 455 g/mol. The second-order valence-electron chi connectivity index (χ2n) is 8.04. The molecule has 0 saturated carbocycles. The first-order chi connectivity index (χ1) is 15.1. The summed E-state index contributed by atoms with van der Waals surface area (Å²) < 4.78 is 41.2. The van der Waals surface area contributed by atoms with E-state index in [0.29, 0.717) is 11.4 Å². The Balaban J connectivity index is 1.98. The second kappa shape index (κ2) is 9.53. The number of carbonyl (C=O) groups is 1. The van der Waals surface area contributed by atoms with Crippen LogP contribution in [-0.2, 0) is 14.8 Å². The van der Waals surface area contributed by atoms with Gasteiger partial charge in [-0.2, -0.15) is 0 Å². The Labute approximate surface area is 188 Å². The summed E-state index contributed by atoms with van der Waals surface area (Å²) in [5.41, 5.74) is 3.87. The van der Waals surface area contributed by atoms with Crippen molar-refractivity contribution in [3.8, 4) is 0 Å². The molecule has 0 radical (unpaired) electrons. The van der Waals surface area contributed by atoms with E-state index in [1.54, 1.807) is 24.3 Å². The number of carbonyl (C=O) groups excluding carboxylic acids is 1. The SMILES string of the molecule is Cc1ccc(N(CC(=O)Nc2c(C)cccc2C(C)C)S(=O)(=O)c2ccc(F)cc2)cc1. The zero-order valence-electron chi connectivity index (χ0n) is 18.6. The summed E-state index contributed by atoms with van der Waals surface area (Å²) in [7, 11) is -4.10. The maximum Gasteiger partial charge on any atom is 0.264 e. The van der Waals surface area contributed by atoms with Crippen LogP contribution in [0, 0.1) is 19.7 Å². The molecule has 1 N–H and O–H groups in total. The van der Waals surface area contributed by atoms with Crippen LogP contribution < -0.4 is 9.62 Å². The van der Waals surface area contributed by atoms with Gasteiger partial charge < -0.3 is 5.32 Å². The Morgan fingerprint density at radius 3 is 2.19 bits per heavy atom. The summed E-state index contributed by atoms with van der Waals surface area (Å²) in [5, 5.41) is 2.90. The molecular weight excluding hydrogens is 427 g/mol. The number of nitrogens with zero attached hydrogens (tertiary/aromatic N) is 1. The van der Waals surface area contributed by atoms with Crippen LogP contribution in [0.2, 0.25) is 0 Å². The van der Waals surface area contributed by atoms with Gasteiger partial charge in [0.25, 0.3) is 10.0 Å². The van der Waals surface area contributed by atoms with Crippen molar-refractivity contribution in [3.05, 3.63) is 89.2 Å². The summed E-state index contributed by atoms with van der Waals surface area (Å²) in [6, 6.07) is 17.2. The normalized spacial score (nSPS) is 11.4. The molecule has 5 nitrogen and oxygen atoms in total. The predicted octanol–water partition coefficient (Wildman–Crippen LogP) is 5.40. The van der Waals surface area contributed by atoms with E-state index in [9.17, 15) is 17.6 Å². The molecule has 1 amide bonds. The lowest BCUT2D eigenvalue weighted by Crippen LogP contribution is -2.38. The highest BCUT2D eigenvalue weighted by atomic mass is 32.2. The number of benzene rings is 3. The molecule has 32 heavy (non-hydrogen) atoms. The molecule has 168 valence electrons. The molecule has 0 spiro atoms. The van der Waals surface area contributed by atoms with E-state index in [0.717, 1.165) is 33.1 Å². The van der Waals surface area contributed by atoms with Crippen LogP contribution in [0.4, 0.5) is 15.8 Å². The summed E-state index contributed by atoms with van der Waals surface area (Å²) in [6.45, 7) is 7.42. The van der Waals surface area contributed by atoms with Gasteiger partial charge in [-0.1, -0.05) is 49.7 Å². The minimum absolute atomic E-state index is 0.0916. The van der Waals surface area contributed by atoms with E-state index in [2.05, 4.69) is 5.32 Å². The molecule has 7 heteroatoms. The highest BCUT2D eigenvalue weighted by molar-refractivity contribution is 7.92. The number of aryl methyl sites for hydroxylation is 2. The summed E-state index contributed by atoms with van der Waals surface area (Å²) >= 11 is 0. The molecular formula is C25H27FN2O3S. The number of anilines is 2. The van der Waals surface area contributed by atoms with Crippen LogP contribution in [0.3, 0.4) is 0 Å². The molecule has 0 fully saturated rings. The van der Waals surface area contributed by atoms with Crippen LogP contribution in [-0.4, -0.2) is 20.9 Å². The molecule has 0 aliphatic rings. The molecule has 0 atom stereocenters. The lowest BCUT2D eigenvalue weighted by Gasteiger charge is -2.25. The van der Waals surface area contributed by atoms with E-state index < -0.39 is 28.3 Å². The zero-order valence-corrected chi connectivity index (χ0v) is 19.4. The number of halogens is 1. The smallest absolute Gasteiger partial charge is 0.264 e. The van der Waals surface area contributed by atoms with Gasteiger partial charge in [-0.25, -0.2) is 12.8 Å². The number of rotatable bonds is 7. The van der Waals surface area contributed by atoms with Gasteiger partial charge in [-0.05, 0) is 67.3 Å².